The molecule has 0 unspecified atom stereocenters. The van der Waals surface area contributed by atoms with Gasteiger partial charge in [-0.3, -0.25) is 0 Å². The number of anilines is 1. The van der Waals surface area contributed by atoms with Crippen molar-refractivity contribution in [3.8, 4) is 17.5 Å². The summed E-state index contributed by atoms with van der Waals surface area (Å²) in [5, 5.41) is 19.7. The van der Waals surface area contributed by atoms with E-state index in [4.69, 9.17) is 9.68 Å². The minimum absolute atomic E-state index is 0.503. The maximum Gasteiger partial charge on any atom is 0.247 e. The Kier molecular flexibility index (Phi) is 3.61. The predicted molar refractivity (Wildman–Crippen MR) is 78.2 cm³/mol. The number of rotatable bonds is 4. The molecule has 1 N–H and O–H groups in total. The lowest BCUT2D eigenvalue weighted by Crippen LogP contribution is -1.99. The molecule has 0 atom stereocenters. The Morgan fingerprint density at radius 3 is 2.71 bits per heavy atom. The maximum absolute atomic E-state index is 8.88. The predicted octanol–water partition coefficient (Wildman–Crippen LogP) is 3.22. The third-order valence-corrected chi connectivity index (χ3v) is 3.04. The Morgan fingerprint density at radius 1 is 1.14 bits per heavy atom. The van der Waals surface area contributed by atoms with Gasteiger partial charge in [-0.05, 0) is 42.0 Å². The minimum Gasteiger partial charge on any atom is -0.423 e. The van der Waals surface area contributed by atoms with E-state index in [1.54, 1.807) is 6.07 Å². The van der Waals surface area contributed by atoms with Gasteiger partial charge in [0.25, 0.3) is 0 Å². The quantitative estimate of drug-likeness (QED) is 0.791. The van der Waals surface area contributed by atoms with Crippen molar-refractivity contribution >= 4 is 5.69 Å². The summed E-state index contributed by atoms with van der Waals surface area (Å²) in [6.07, 6.45) is 1.31. The number of nitrogens with one attached hydrogen (secondary N) is 1. The topological polar surface area (TPSA) is 74.7 Å². The van der Waals surface area contributed by atoms with E-state index in [9.17, 15) is 0 Å². The molecule has 102 valence electrons. The van der Waals surface area contributed by atoms with Crippen LogP contribution in [0.4, 0.5) is 5.69 Å². The summed E-state index contributed by atoms with van der Waals surface area (Å²) in [4.78, 5) is 0. The monoisotopic (exact) mass is 276 g/mol. The number of aromatic nitrogens is 2. The molecule has 0 aliphatic heterocycles. The average molecular weight is 276 g/mol. The van der Waals surface area contributed by atoms with Crippen LogP contribution in [0.15, 0.2) is 59.3 Å². The molecule has 5 nitrogen and oxygen atoms in total. The van der Waals surface area contributed by atoms with Crippen LogP contribution in [-0.4, -0.2) is 10.2 Å². The lowest BCUT2D eigenvalue weighted by Gasteiger charge is -2.07. The Labute approximate surface area is 121 Å². The van der Waals surface area contributed by atoms with Crippen molar-refractivity contribution in [2.45, 2.75) is 6.54 Å². The second-order valence-corrected chi connectivity index (χ2v) is 4.49. The van der Waals surface area contributed by atoms with E-state index in [2.05, 4.69) is 21.6 Å². The Hall–Kier alpha value is -3.13. The van der Waals surface area contributed by atoms with Gasteiger partial charge < -0.3 is 9.73 Å². The number of hydrogen-bond acceptors (Lipinski definition) is 5. The van der Waals surface area contributed by atoms with Crippen LogP contribution in [0.2, 0.25) is 0 Å². The molecule has 0 saturated carbocycles. The lowest BCUT2D eigenvalue weighted by molar-refractivity contribution is 0.568. The van der Waals surface area contributed by atoms with Gasteiger partial charge in [0.1, 0.15) is 0 Å². The van der Waals surface area contributed by atoms with E-state index in [0.29, 0.717) is 18.0 Å². The lowest BCUT2D eigenvalue weighted by atomic mass is 10.1. The van der Waals surface area contributed by atoms with Crippen molar-refractivity contribution in [3.05, 3.63) is 66.1 Å². The largest absolute Gasteiger partial charge is 0.423 e. The molecule has 2 aromatic carbocycles. The van der Waals surface area contributed by atoms with Gasteiger partial charge in [-0.1, -0.05) is 12.1 Å². The summed E-state index contributed by atoms with van der Waals surface area (Å²) in [7, 11) is 0. The van der Waals surface area contributed by atoms with Crippen LogP contribution < -0.4 is 5.32 Å². The fourth-order valence-electron chi connectivity index (χ4n) is 1.98. The molecule has 0 radical (unpaired) electrons. The summed E-state index contributed by atoms with van der Waals surface area (Å²) in [6.45, 7) is 0.662. The molecule has 0 amide bonds. The smallest absolute Gasteiger partial charge is 0.247 e. The van der Waals surface area contributed by atoms with Crippen LogP contribution in [0.1, 0.15) is 11.1 Å². The highest BCUT2D eigenvalue weighted by Gasteiger charge is 2.03. The highest BCUT2D eigenvalue weighted by molar-refractivity contribution is 5.58. The van der Waals surface area contributed by atoms with E-state index in [-0.39, 0.29) is 0 Å². The first-order chi connectivity index (χ1) is 10.3. The number of nitrogens with zero attached hydrogens (tertiary/aromatic N) is 3. The zero-order valence-corrected chi connectivity index (χ0v) is 11.2. The van der Waals surface area contributed by atoms with Crippen molar-refractivity contribution in [1.82, 2.24) is 10.2 Å². The molecule has 5 heteroatoms. The molecular weight excluding hydrogens is 264 g/mol. The second kappa shape index (κ2) is 5.88. The van der Waals surface area contributed by atoms with Gasteiger partial charge in [0.15, 0.2) is 0 Å². The molecule has 3 aromatic rings. The van der Waals surface area contributed by atoms with Gasteiger partial charge in [-0.15, -0.1) is 10.2 Å². The van der Waals surface area contributed by atoms with Gasteiger partial charge in [-0.2, -0.15) is 5.26 Å². The Bertz CT molecular complexity index is 758. The first kappa shape index (κ1) is 12.9. The van der Waals surface area contributed by atoms with Crippen LogP contribution in [0.5, 0.6) is 0 Å². The highest BCUT2D eigenvalue weighted by Crippen LogP contribution is 2.19. The average Bonchev–Trinajstić information content (AvgIpc) is 3.08. The zero-order chi connectivity index (χ0) is 14.5. The van der Waals surface area contributed by atoms with Crippen LogP contribution in [0.3, 0.4) is 0 Å². The molecule has 1 heterocycles. The zero-order valence-electron chi connectivity index (χ0n) is 11.2. The molecule has 0 aliphatic rings. The van der Waals surface area contributed by atoms with E-state index >= 15 is 0 Å². The van der Waals surface area contributed by atoms with E-state index < -0.39 is 0 Å². The third kappa shape index (κ3) is 3.07. The van der Waals surface area contributed by atoms with Gasteiger partial charge in [0, 0.05) is 17.8 Å². The molecule has 3 rings (SSSR count). The molecule has 0 aliphatic carbocycles. The van der Waals surface area contributed by atoms with Crippen molar-refractivity contribution in [2.24, 2.45) is 0 Å². The molecule has 0 spiro atoms. The molecule has 0 fully saturated rings. The van der Waals surface area contributed by atoms with Crippen molar-refractivity contribution in [2.75, 3.05) is 5.32 Å². The van der Waals surface area contributed by atoms with Crippen LogP contribution in [0, 0.1) is 11.3 Å². The molecular formula is C16H12N4O. The van der Waals surface area contributed by atoms with Gasteiger partial charge in [0.2, 0.25) is 12.3 Å². The first-order valence-electron chi connectivity index (χ1n) is 6.45. The number of hydrogen-bond donors (Lipinski definition) is 1. The molecule has 0 saturated heterocycles. The van der Waals surface area contributed by atoms with Crippen LogP contribution in [0.25, 0.3) is 11.5 Å². The Balaban J connectivity index is 1.67. The first-order valence-corrected chi connectivity index (χ1v) is 6.45. The standard InChI is InChI=1S/C16H12N4O/c17-9-12-2-1-3-13(8-12)10-18-15-6-4-14(5-7-15)16-20-19-11-21-16/h1-8,11,18H,10H2. The SMILES string of the molecule is N#Cc1cccc(CNc2ccc(-c3nnco3)cc2)c1. The highest BCUT2D eigenvalue weighted by atomic mass is 16.4. The summed E-state index contributed by atoms with van der Waals surface area (Å²) in [5.74, 6) is 0.503. The molecule has 0 bridgehead atoms. The fourth-order valence-corrected chi connectivity index (χ4v) is 1.98. The van der Waals surface area contributed by atoms with Crippen molar-refractivity contribution in [3.63, 3.8) is 0 Å². The second-order valence-electron chi connectivity index (χ2n) is 4.49. The molecule has 1 aromatic heterocycles. The Morgan fingerprint density at radius 2 is 2.00 bits per heavy atom. The summed E-state index contributed by atoms with van der Waals surface area (Å²) in [5.41, 5.74) is 3.60. The summed E-state index contributed by atoms with van der Waals surface area (Å²) < 4.78 is 5.14. The molecule has 21 heavy (non-hydrogen) atoms. The fraction of sp³-hybridized carbons (Fsp3) is 0.0625. The van der Waals surface area contributed by atoms with E-state index in [1.165, 1.54) is 6.39 Å². The summed E-state index contributed by atoms with van der Waals surface area (Å²) in [6, 6.07) is 17.4. The minimum atomic E-state index is 0.503. The normalized spacial score (nSPS) is 10.0. The van der Waals surface area contributed by atoms with Crippen LogP contribution in [-0.2, 0) is 6.54 Å². The van der Waals surface area contributed by atoms with Gasteiger partial charge in [-0.25, -0.2) is 0 Å². The van der Waals surface area contributed by atoms with E-state index in [1.807, 2.05) is 42.5 Å². The van der Waals surface area contributed by atoms with E-state index in [0.717, 1.165) is 16.8 Å². The van der Waals surface area contributed by atoms with Gasteiger partial charge in [0.05, 0.1) is 11.6 Å². The maximum atomic E-state index is 8.88. The number of benzene rings is 2. The van der Waals surface area contributed by atoms with Crippen LogP contribution >= 0.6 is 0 Å². The van der Waals surface area contributed by atoms with Crippen molar-refractivity contribution in [1.29, 1.82) is 5.26 Å². The summed E-state index contributed by atoms with van der Waals surface area (Å²) >= 11 is 0. The van der Waals surface area contributed by atoms with Gasteiger partial charge >= 0.3 is 0 Å². The van der Waals surface area contributed by atoms with Crippen molar-refractivity contribution < 1.29 is 4.42 Å². The number of nitriles is 1. The third-order valence-electron chi connectivity index (χ3n) is 3.04.